The second-order valence-electron chi connectivity index (χ2n) is 4.02. The number of pyridine rings is 1. The summed E-state index contributed by atoms with van der Waals surface area (Å²) in [5.74, 6) is -0.395. The van der Waals surface area contributed by atoms with E-state index in [1.165, 1.54) is 12.3 Å². The zero-order chi connectivity index (χ0) is 14.9. The van der Waals surface area contributed by atoms with Gasteiger partial charge in [-0.2, -0.15) is 0 Å². The van der Waals surface area contributed by atoms with Crippen molar-refractivity contribution in [1.82, 2.24) is 4.98 Å². The molecule has 1 amide bonds. The van der Waals surface area contributed by atoms with Gasteiger partial charge in [0, 0.05) is 34.4 Å². The lowest BCUT2D eigenvalue weighted by Crippen LogP contribution is -2.15. The van der Waals surface area contributed by atoms with Gasteiger partial charge in [0.1, 0.15) is 5.82 Å². The van der Waals surface area contributed by atoms with Crippen molar-refractivity contribution in [2.24, 2.45) is 5.92 Å². The van der Waals surface area contributed by atoms with Crippen LogP contribution in [0.5, 0.6) is 0 Å². The van der Waals surface area contributed by atoms with Gasteiger partial charge in [0.25, 0.3) is 0 Å². The van der Waals surface area contributed by atoms with Crippen molar-refractivity contribution in [2.45, 2.75) is 26.1 Å². The van der Waals surface area contributed by atoms with Gasteiger partial charge in [0.15, 0.2) is 5.78 Å². The maximum atomic E-state index is 11.8. The van der Waals surface area contributed by atoms with E-state index in [1.54, 1.807) is 0 Å². The second-order valence-corrected chi connectivity index (χ2v) is 4.02. The number of ketones is 1. The van der Waals surface area contributed by atoms with Gasteiger partial charge >= 0.3 is 0 Å². The van der Waals surface area contributed by atoms with Crippen molar-refractivity contribution in [2.75, 3.05) is 11.1 Å². The van der Waals surface area contributed by atoms with E-state index in [1.807, 2.05) is 0 Å². The van der Waals surface area contributed by atoms with E-state index >= 15 is 0 Å². The first-order chi connectivity index (χ1) is 9.26. The van der Waals surface area contributed by atoms with Crippen LogP contribution in [0, 0.1) is 5.92 Å². The first-order valence-electron chi connectivity index (χ1n) is 6.86. The molecule has 0 bridgehead atoms. The van der Waals surface area contributed by atoms with Crippen molar-refractivity contribution in [3.63, 3.8) is 0 Å². The lowest BCUT2D eigenvalue weighted by molar-refractivity contribution is -0.117. The van der Waals surface area contributed by atoms with Gasteiger partial charge in [-0.15, -0.1) is 0 Å². The quantitative estimate of drug-likeness (QED) is 0.778. The van der Waals surface area contributed by atoms with Crippen molar-refractivity contribution < 1.29 is 13.7 Å². The number of aromatic nitrogens is 1. The van der Waals surface area contributed by atoms with Crippen molar-refractivity contribution in [1.29, 1.82) is 0 Å². The summed E-state index contributed by atoms with van der Waals surface area (Å²) in [6, 6.07) is 1.37. The van der Waals surface area contributed by atoms with Crippen LogP contribution >= 0.6 is 0 Å². The fraction of sp³-hybridized carbons (Fsp3) is 0.417. The molecule has 1 heterocycles. The molecule has 5 nitrogen and oxygen atoms in total. The minimum Gasteiger partial charge on any atom is -0.398 e. The van der Waals surface area contributed by atoms with Gasteiger partial charge < -0.3 is 11.1 Å². The summed E-state index contributed by atoms with van der Waals surface area (Å²) < 4.78 is 21.2. The topological polar surface area (TPSA) is 85.1 Å². The number of rotatable bonds is 4. The molecular formula is C12H15N3O2. The molecule has 5 heteroatoms. The summed E-state index contributed by atoms with van der Waals surface area (Å²) >= 11 is 0. The number of hydrogen-bond donors (Lipinski definition) is 2. The van der Waals surface area contributed by atoms with E-state index < -0.39 is 19.1 Å². The highest BCUT2D eigenvalue weighted by Crippen LogP contribution is 2.30. The Kier molecular flexibility index (Phi) is 2.19. The Labute approximate surface area is 104 Å². The van der Waals surface area contributed by atoms with E-state index in [4.69, 9.17) is 9.85 Å². The first kappa shape index (κ1) is 8.22. The van der Waals surface area contributed by atoms with E-state index in [9.17, 15) is 9.59 Å². The summed E-state index contributed by atoms with van der Waals surface area (Å²) in [5, 5.41) is 2.61. The molecule has 0 saturated heterocycles. The molecule has 0 unspecified atom stereocenters. The van der Waals surface area contributed by atoms with Crippen LogP contribution in [0.2, 0.25) is 0 Å². The van der Waals surface area contributed by atoms with Crippen LogP contribution in [0.4, 0.5) is 11.5 Å². The van der Waals surface area contributed by atoms with Gasteiger partial charge in [0.2, 0.25) is 5.91 Å². The molecular weight excluding hydrogens is 218 g/mol. The molecule has 1 fully saturated rings. The molecule has 3 N–H and O–H groups in total. The van der Waals surface area contributed by atoms with Crippen molar-refractivity contribution in [3.05, 3.63) is 17.8 Å². The van der Waals surface area contributed by atoms with Crippen LogP contribution in [-0.4, -0.2) is 16.7 Å². The fourth-order valence-corrected chi connectivity index (χ4v) is 1.44. The number of hydrogen-bond acceptors (Lipinski definition) is 4. The molecule has 0 atom stereocenters. The van der Waals surface area contributed by atoms with Crippen molar-refractivity contribution >= 4 is 23.2 Å². The largest absolute Gasteiger partial charge is 0.398 e. The number of nitrogen functional groups attached to an aromatic ring is 1. The van der Waals surface area contributed by atoms with Crippen LogP contribution in [-0.2, 0) is 4.79 Å². The molecule has 1 saturated carbocycles. The molecule has 1 aliphatic carbocycles. The Morgan fingerprint density at radius 1 is 1.65 bits per heavy atom. The zero-order valence-corrected chi connectivity index (χ0v) is 9.19. The van der Waals surface area contributed by atoms with Crippen LogP contribution in [0.25, 0.3) is 0 Å². The van der Waals surface area contributed by atoms with E-state index in [0.29, 0.717) is 0 Å². The summed E-state index contributed by atoms with van der Waals surface area (Å²) in [7, 11) is 0. The third-order valence-corrected chi connectivity index (χ3v) is 2.60. The van der Waals surface area contributed by atoms with Crippen LogP contribution in [0.1, 0.15) is 40.6 Å². The molecule has 17 heavy (non-hydrogen) atoms. The molecule has 0 radical (unpaired) electrons. The number of nitrogens with zero attached hydrogens (tertiary/aromatic N) is 1. The van der Waals surface area contributed by atoms with Crippen LogP contribution < -0.4 is 11.1 Å². The Morgan fingerprint density at radius 3 is 3.00 bits per heavy atom. The smallest absolute Gasteiger partial charge is 0.228 e. The summed E-state index contributed by atoms with van der Waals surface area (Å²) in [4.78, 5) is 27.2. The normalized spacial score (nSPS) is 17.8. The number of Topliss-reactive ketones (excluding diaryl/α,β-unsaturated/α-hetero) is 1. The Morgan fingerprint density at radius 2 is 2.41 bits per heavy atom. The summed E-state index contributed by atoms with van der Waals surface area (Å²) in [5.41, 5.74) is 5.88. The Balaban J connectivity index is 2.08. The number of carbonyl (C=O) groups is 2. The standard InChI is InChI=1S/C12H15N3O2/c1-2-10(16)8-6-14-11(5-9(8)13)15-12(17)7-3-4-7/h5-7H,2-4H2,1H3,(H3,13,14,15,17)/i1D3. The van der Waals surface area contributed by atoms with Gasteiger partial charge in [-0.25, -0.2) is 4.98 Å². The highest BCUT2D eigenvalue weighted by atomic mass is 16.2. The minimum atomic E-state index is -2.34. The molecule has 0 aliphatic heterocycles. The van der Waals surface area contributed by atoms with E-state index in [0.717, 1.165) is 12.8 Å². The Hall–Kier alpha value is -1.91. The van der Waals surface area contributed by atoms with E-state index in [-0.39, 0.29) is 28.9 Å². The second kappa shape index (κ2) is 4.53. The monoisotopic (exact) mass is 236 g/mol. The molecule has 1 aromatic heterocycles. The predicted molar refractivity (Wildman–Crippen MR) is 64.6 cm³/mol. The number of anilines is 2. The SMILES string of the molecule is [2H]C([2H])([2H])CC(=O)c1cnc(NC(=O)C2CC2)cc1N. The lowest BCUT2D eigenvalue weighted by Gasteiger charge is -2.07. The van der Waals surface area contributed by atoms with Crippen molar-refractivity contribution in [3.8, 4) is 0 Å². The van der Waals surface area contributed by atoms with E-state index in [2.05, 4.69) is 10.3 Å². The number of carbonyl (C=O) groups excluding carboxylic acids is 2. The number of amides is 1. The third kappa shape index (κ3) is 2.61. The fourth-order valence-electron chi connectivity index (χ4n) is 1.44. The molecule has 1 aromatic rings. The van der Waals surface area contributed by atoms with Gasteiger partial charge in [-0.3, -0.25) is 9.59 Å². The van der Waals surface area contributed by atoms with Crippen LogP contribution in [0.15, 0.2) is 12.3 Å². The maximum Gasteiger partial charge on any atom is 0.228 e. The van der Waals surface area contributed by atoms with Gasteiger partial charge in [-0.1, -0.05) is 6.85 Å². The summed E-state index contributed by atoms with van der Waals surface area (Å²) in [6.45, 7) is -2.34. The molecule has 0 spiro atoms. The molecule has 0 aromatic carbocycles. The number of nitrogens with two attached hydrogens (primary N) is 1. The highest BCUT2D eigenvalue weighted by Gasteiger charge is 2.29. The molecule has 90 valence electrons. The molecule has 2 rings (SSSR count). The molecule has 1 aliphatic rings. The summed E-state index contributed by atoms with van der Waals surface area (Å²) in [6.07, 6.45) is 2.35. The van der Waals surface area contributed by atoms with Gasteiger partial charge in [-0.05, 0) is 12.8 Å². The highest BCUT2D eigenvalue weighted by molar-refractivity contribution is 6.01. The predicted octanol–water partition coefficient (Wildman–Crippen LogP) is 1.60. The average molecular weight is 236 g/mol. The third-order valence-electron chi connectivity index (χ3n) is 2.60. The first-order valence-corrected chi connectivity index (χ1v) is 5.36. The average Bonchev–Trinajstić information content (AvgIpc) is 3.09. The Bertz CT molecular complexity index is 553. The minimum absolute atomic E-state index is 0.0369. The zero-order valence-electron chi connectivity index (χ0n) is 12.2. The van der Waals surface area contributed by atoms with Crippen LogP contribution in [0.3, 0.4) is 0 Å². The maximum absolute atomic E-state index is 11.8. The lowest BCUT2D eigenvalue weighted by atomic mass is 10.1. The van der Waals surface area contributed by atoms with Gasteiger partial charge in [0.05, 0.1) is 5.56 Å². The number of nitrogens with one attached hydrogen (secondary N) is 1.